The molecule has 0 aliphatic rings. The van der Waals surface area contributed by atoms with Crippen LogP contribution in [0.25, 0.3) is 0 Å². The number of hydrogen-bond donors (Lipinski definition) is 0. The van der Waals surface area contributed by atoms with E-state index in [1.165, 1.54) is 7.11 Å². The topological polar surface area (TPSA) is 35.5 Å². The maximum absolute atomic E-state index is 9.60. The van der Waals surface area contributed by atoms with Gasteiger partial charge in [-0.1, -0.05) is 0 Å². The molecular formula is C2H3ClO3. The van der Waals surface area contributed by atoms with Crippen LogP contribution in [-0.2, 0) is 9.03 Å². The van der Waals surface area contributed by atoms with Crippen LogP contribution in [0.2, 0.25) is 0 Å². The molecule has 0 spiro atoms. The Balaban J connectivity index is 2.99. The summed E-state index contributed by atoms with van der Waals surface area (Å²) in [6, 6.07) is 0. The van der Waals surface area contributed by atoms with Crippen molar-refractivity contribution in [1.29, 1.82) is 0 Å². The minimum absolute atomic E-state index is 0.892. The van der Waals surface area contributed by atoms with Crippen molar-refractivity contribution in [3.63, 3.8) is 0 Å². The van der Waals surface area contributed by atoms with Gasteiger partial charge in [-0.15, -0.1) is 0 Å². The minimum Gasteiger partial charge on any atom is -0.437 e. The van der Waals surface area contributed by atoms with E-state index in [9.17, 15) is 4.79 Å². The maximum Gasteiger partial charge on any atom is 0.526 e. The van der Waals surface area contributed by atoms with Gasteiger partial charge in [0, 0.05) is 0 Å². The first-order valence-corrected chi connectivity index (χ1v) is 1.48. The molecule has 0 radical (unpaired) electrons. The summed E-state index contributed by atoms with van der Waals surface area (Å²) in [7, 11) is 1.17. The van der Waals surface area contributed by atoms with Gasteiger partial charge >= 0.3 is 6.16 Å². The average Bonchev–Trinajstić information content (AvgIpc) is 1.65. The summed E-state index contributed by atoms with van der Waals surface area (Å²) in [5, 5.41) is 0. The molecule has 0 aliphatic heterocycles. The summed E-state index contributed by atoms with van der Waals surface area (Å²) in [4.78, 5) is 9.60. The van der Waals surface area contributed by atoms with Crippen molar-refractivity contribution in [3.8, 4) is 0 Å². The van der Waals surface area contributed by atoms with Gasteiger partial charge in [0.05, 0.1) is 7.11 Å². The van der Waals surface area contributed by atoms with E-state index < -0.39 is 6.16 Å². The zero-order chi connectivity index (χ0) is 4.99. The van der Waals surface area contributed by atoms with Crippen molar-refractivity contribution in [1.82, 2.24) is 0 Å². The summed E-state index contributed by atoms with van der Waals surface area (Å²) >= 11 is 4.48. The average molecular weight is 110 g/mol. The first-order chi connectivity index (χ1) is 2.81. The lowest BCUT2D eigenvalue weighted by atomic mass is 11.4. The maximum atomic E-state index is 9.60. The molecule has 0 atom stereocenters. The van der Waals surface area contributed by atoms with E-state index >= 15 is 0 Å². The fraction of sp³-hybridized carbons (Fsp3) is 0.500. The van der Waals surface area contributed by atoms with Crippen molar-refractivity contribution in [2.24, 2.45) is 0 Å². The summed E-state index contributed by atoms with van der Waals surface area (Å²) in [5.74, 6) is 0. The van der Waals surface area contributed by atoms with Crippen molar-refractivity contribution in [2.45, 2.75) is 0 Å². The number of methoxy groups -OCH3 is 1. The normalized spacial score (nSPS) is 7.00. The molecule has 0 unspecified atom stereocenters. The molecule has 0 aliphatic carbocycles. The monoisotopic (exact) mass is 110 g/mol. The molecular weight excluding hydrogens is 107 g/mol. The van der Waals surface area contributed by atoms with E-state index in [1.54, 1.807) is 0 Å². The zero-order valence-electron chi connectivity index (χ0n) is 3.10. The molecule has 0 rings (SSSR count). The van der Waals surface area contributed by atoms with Crippen LogP contribution in [0.5, 0.6) is 0 Å². The lowest BCUT2D eigenvalue weighted by molar-refractivity contribution is 0.125. The summed E-state index contributed by atoms with van der Waals surface area (Å²) in [6.45, 7) is 0. The second kappa shape index (κ2) is 2.78. The van der Waals surface area contributed by atoms with E-state index in [-0.39, 0.29) is 0 Å². The summed E-state index contributed by atoms with van der Waals surface area (Å²) in [6.07, 6.45) is -0.892. The minimum atomic E-state index is -0.892. The van der Waals surface area contributed by atoms with Crippen LogP contribution < -0.4 is 0 Å². The lowest BCUT2D eigenvalue weighted by Crippen LogP contribution is -1.93. The second-order valence-corrected chi connectivity index (χ2v) is 0.686. The van der Waals surface area contributed by atoms with Gasteiger partial charge in [-0.3, -0.25) is 0 Å². The number of rotatable bonds is 0. The highest BCUT2D eigenvalue weighted by molar-refractivity contribution is 6.12. The molecule has 0 N–H and O–H groups in total. The second-order valence-electron chi connectivity index (χ2n) is 0.531. The van der Waals surface area contributed by atoms with E-state index in [0.29, 0.717) is 0 Å². The quantitative estimate of drug-likeness (QED) is 0.435. The predicted octanol–water partition coefficient (Wildman–Crippen LogP) is 0.923. The zero-order valence-corrected chi connectivity index (χ0v) is 3.86. The molecule has 0 bridgehead atoms. The Morgan fingerprint density at radius 2 is 2.33 bits per heavy atom. The third kappa shape index (κ3) is 1.84. The van der Waals surface area contributed by atoms with Crippen molar-refractivity contribution >= 4 is 18.0 Å². The SMILES string of the molecule is COC(=O)OCl. The number of carbonyl (C=O) groups excluding carboxylic acids is 1. The van der Waals surface area contributed by atoms with Crippen LogP contribution in [0.15, 0.2) is 0 Å². The van der Waals surface area contributed by atoms with Gasteiger partial charge in [-0.05, 0) is 0 Å². The van der Waals surface area contributed by atoms with Crippen molar-refractivity contribution in [3.05, 3.63) is 0 Å². The van der Waals surface area contributed by atoms with E-state index in [4.69, 9.17) is 0 Å². The van der Waals surface area contributed by atoms with E-state index in [2.05, 4.69) is 20.9 Å². The number of ether oxygens (including phenoxy) is 1. The third-order valence-electron chi connectivity index (χ3n) is 0.230. The Labute approximate surface area is 40.0 Å². The third-order valence-corrected chi connectivity index (χ3v) is 0.356. The van der Waals surface area contributed by atoms with Gasteiger partial charge in [-0.2, -0.15) is 0 Å². The summed E-state index contributed by atoms with van der Waals surface area (Å²) < 4.78 is 7.42. The highest BCUT2D eigenvalue weighted by Crippen LogP contribution is 1.82. The van der Waals surface area contributed by atoms with Crippen molar-refractivity contribution < 1.29 is 13.8 Å². The smallest absolute Gasteiger partial charge is 0.437 e. The standard InChI is InChI=1S/C2H3ClO3/c1-5-2(4)6-3/h1H3. The van der Waals surface area contributed by atoms with Crippen LogP contribution >= 0.6 is 11.9 Å². The van der Waals surface area contributed by atoms with Gasteiger partial charge in [0.15, 0.2) is 0 Å². The molecule has 36 valence electrons. The molecule has 0 aromatic rings. The fourth-order valence-electron chi connectivity index (χ4n) is 0.0315. The van der Waals surface area contributed by atoms with E-state index in [0.717, 1.165) is 0 Å². The van der Waals surface area contributed by atoms with Gasteiger partial charge in [0.25, 0.3) is 0 Å². The number of carbonyl (C=O) groups is 1. The molecule has 0 aromatic heterocycles. The first kappa shape index (κ1) is 5.56. The molecule has 0 saturated heterocycles. The van der Waals surface area contributed by atoms with Gasteiger partial charge < -0.3 is 9.03 Å². The number of halogens is 1. The Morgan fingerprint density at radius 1 is 1.83 bits per heavy atom. The molecule has 0 heterocycles. The largest absolute Gasteiger partial charge is 0.526 e. The Hall–Kier alpha value is -0.440. The highest BCUT2D eigenvalue weighted by Gasteiger charge is 1.92. The number of hydrogen-bond acceptors (Lipinski definition) is 3. The van der Waals surface area contributed by atoms with Gasteiger partial charge in [-0.25, -0.2) is 4.79 Å². The van der Waals surface area contributed by atoms with Crippen LogP contribution in [0.1, 0.15) is 0 Å². The molecule has 0 fully saturated rings. The molecule has 0 saturated carbocycles. The molecule has 3 nitrogen and oxygen atoms in total. The Morgan fingerprint density at radius 3 is 2.33 bits per heavy atom. The van der Waals surface area contributed by atoms with Crippen LogP contribution in [0.3, 0.4) is 0 Å². The first-order valence-electron chi connectivity index (χ1n) is 1.17. The van der Waals surface area contributed by atoms with Crippen LogP contribution in [0, 0.1) is 0 Å². The van der Waals surface area contributed by atoms with Crippen molar-refractivity contribution in [2.75, 3.05) is 7.11 Å². The van der Waals surface area contributed by atoms with Gasteiger partial charge in [0.2, 0.25) is 0 Å². The molecule has 0 aromatic carbocycles. The van der Waals surface area contributed by atoms with Gasteiger partial charge in [0.1, 0.15) is 11.9 Å². The van der Waals surface area contributed by atoms with Crippen LogP contribution in [-0.4, -0.2) is 13.3 Å². The predicted molar refractivity (Wildman–Crippen MR) is 19.3 cm³/mol. The lowest BCUT2D eigenvalue weighted by Gasteiger charge is -1.85. The fourth-order valence-corrected chi connectivity index (χ4v) is 0.0945. The summed E-state index contributed by atoms with van der Waals surface area (Å²) in [5.41, 5.74) is 0. The molecule has 0 amide bonds. The molecule has 4 heteroatoms. The van der Waals surface area contributed by atoms with E-state index in [1.807, 2.05) is 0 Å². The molecule has 6 heavy (non-hydrogen) atoms. The van der Waals surface area contributed by atoms with Crippen LogP contribution in [0.4, 0.5) is 4.79 Å². The Bertz CT molecular complexity index is 46.8. The Kier molecular flexibility index (Phi) is 2.58. The highest BCUT2D eigenvalue weighted by atomic mass is 35.5.